The zero-order valence-corrected chi connectivity index (χ0v) is 16.5. The number of aryl methyl sites for hydroxylation is 1. The van der Waals surface area contributed by atoms with E-state index in [1.165, 1.54) is 7.11 Å². The van der Waals surface area contributed by atoms with E-state index in [0.29, 0.717) is 11.6 Å². The van der Waals surface area contributed by atoms with Crippen molar-refractivity contribution in [3.05, 3.63) is 53.4 Å². The van der Waals surface area contributed by atoms with E-state index in [1.807, 2.05) is 30.5 Å². The smallest absolute Gasteiger partial charge is 0.244 e. The molecule has 2 aromatic heterocycles. The molecule has 9 heteroatoms. The fourth-order valence-electron chi connectivity index (χ4n) is 2.36. The average Bonchev–Trinajstić information content (AvgIpc) is 3.20. The van der Waals surface area contributed by atoms with E-state index in [0.717, 1.165) is 16.1 Å². The fourth-order valence-corrected chi connectivity index (χ4v) is 4.31. The van der Waals surface area contributed by atoms with Gasteiger partial charge in [-0.2, -0.15) is 0 Å². The third-order valence-corrected chi connectivity index (χ3v) is 6.04. The molecule has 0 fully saturated rings. The van der Waals surface area contributed by atoms with E-state index in [2.05, 4.69) is 14.9 Å². The number of nitrogens with zero attached hydrogens (tertiary/aromatic N) is 2. The molecule has 0 amide bonds. The summed E-state index contributed by atoms with van der Waals surface area (Å²) in [4.78, 5) is 1.12. The van der Waals surface area contributed by atoms with Crippen molar-refractivity contribution in [1.82, 2.24) is 14.9 Å². The molecule has 0 bridgehead atoms. The Morgan fingerprint density at radius 3 is 2.67 bits per heavy atom. The van der Waals surface area contributed by atoms with Crippen molar-refractivity contribution in [1.29, 1.82) is 0 Å². The van der Waals surface area contributed by atoms with Crippen molar-refractivity contribution in [2.75, 3.05) is 20.3 Å². The molecule has 3 rings (SSSR count). The highest BCUT2D eigenvalue weighted by Crippen LogP contribution is 2.24. The molecule has 0 aliphatic heterocycles. The van der Waals surface area contributed by atoms with Gasteiger partial charge in [-0.3, -0.25) is 0 Å². The van der Waals surface area contributed by atoms with Crippen LogP contribution in [0.2, 0.25) is 0 Å². The number of hydrogen-bond donors (Lipinski definition) is 1. The summed E-state index contributed by atoms with van der Waals surface area (Å²) >= 11 is 1.58. The van der Waals surface area contributed by atoms with Crippen LogP contribution in [0.3, 0.4) is 0 Å². The van der Waals surface area contributed by atoms with E-state index in [4.69, 9.17) is 9.47 Å². The van der Waals surface area contributed by atoms with Crippen LogP contribution in [0.25, 0.3) is 10.6 Å². The molecule has 142 valence electrons. The summed E-state index contributed by atoms with van der Waals surface area (Å²) < 4.78 is 38.1. The first-order chi connectivity index (χ1) is 13.0. The highest BCUT2D eigenvalue weighted by molar-refractivity contribution is 7.89. The van der Waals surface area contributed by atoms with Gasteiger partial charge in [0, 0.05) is 12.6 Å². The monoisotopic (exact) mass is 405 g/mol. The minimum atomic E-state index is -3.71. The van der Waals surface area contributed by atoms with Crippen LogP contribution in [0.1, 0.15) is 5.56 Å². The van der Waals surface area contributed by atoms with Crippen LogP contribution < -0.4 is 14.2 Å². The number of aromatic nitrogens is 2. The van der Waals surface area contributed by atoms with Crippen LogP contribution in [0.4, 0.5) is 0 Å². The standard InChI is InChI=1S/C18H19N3O4S2/c1-13-5-7-15(24-2)17(12-13)27(22,23)19-9-10-25-18-8-6-14(20-21-18)16-4-3-11-26-16/h3-8,11-12,19H,9-10H2,1-2H3. The maximum absolute atomic E-state index is 12.5. The highest BCUT2D eigenvalue weighted by Gasteiger charge is 2.19. The number of nitrogens with one attached hydrogen (secondary N) is 1. The third-order valence-electron chi connectivity index (χ3n) is 3.67. The molecule has 27 heavy (non-hydrogen) atoms. The van der Waals surface area contributed by atoms with Gasteiger partial charge in [0.2, 0.25) is 15.9 Å². The summed E-state index contributed by atoms with van der Waals surface area (Å²) in [7, 11) is -2.27. The molecular weight excluding hydrogens is 386 g/mol. The second-order valence-electron chi connectivity index (χ2n) is 5.63. The first-order valence-corrected chi connectivity index (χ1v) is 10.5. The van der Waals surface area contributed by atoms with Gasteiger partial charge in [-0.25, -0.2) is 13.1 Å². The molecule has 2 heterocycles. The summed E-state index contributed by atoms with van der Waals surface area (Å²) in [5, 5.41) is 10.1. The Morgan fingerprint density at radius 2 is 2.00 bits per heavy atom. The van der Waals surface area contributed by atoms with Crippen molar-refractivity contribution < 1.29 is 17.9 Å². The fraction of sp³-hybridized carbons (Fsp3) is 0.222. The van der Waals surface area contributed by atoms with Gasteiger partial charge in [-0.05, 0) is 42.1 Å². The molecule has 7 nitrogen and oxygen atoms in total. The Kier molecular flexibility index (Phi) is 6.04. The van der Waals surface area contributed by atoms with Gasteiger partial charge >= 0.3 is 0 Å². The van der Waals surface area contributed by atoms with Gasteiger partial charge in [0.1, 0.15) is 22.9 Å². The zero-order chi connectivity index (χ0) is 19.3. The van der Waals surface area contributed by atoms with Crippen molar-refractivity contribution >= 4 is 21.4 Å². The number of hydrogen-bond acceptors (Lipinski definition) is 7. The summed E-state index contributed by atoms with van der Waals surface area (Å²) in [6.45, 7) is 2.04. The molecule has 0 radical (unpaired) electrons. The molecule has 0 spiro atoms. The zero-order valence-electron chi connectivity index (χ0n) is 14.9. The van der Waals surface area contributed by atoms with Gasteiger partial charge in [0.05, 0.1) is 12.0 Å². The minimum absolute atomic E-state index is 0.0911. The van der Waals surface area contributed by atoms with Gasteiger partial charge in [-0.1, -0.05) is 12.1 Å². The molecule has 3 aromatic rings. The molecule has 0 atom stereocenters. The van der Waals surface area contributed by atoms with Crippen LogP contribution in [0, 0.1) is 6.92 Å². The molecule has 0 saturated carbocycles. The van der Waals surface area contributed by atoms with Crippen molar-refractivity contribution in [3.63, 3.8) is 0 Å². The number of rotatable bonds is 8. The van der Waals surface area contributed by atoms with Gasteiger partial charge in [-0.15, -0.1) is 21.5 Å². The third kappa shape index (κ3) is 4.82. The lowest BCUT2D eigenvalue weighted by Gasteiger charge is -2.11. The first kappa shape index (κ1) is 19.3. The number of sulfonamides is 1. The summed E-state index contributed by atoms with van der Waals surface area (Å²) in [6.07, 6.45) is 0. The predicted octanol–water partition coefficient (Wildman–Crippen LogP) is 2.88. The van der Waals surface area contributed by atoms with E-state index in [1.54, 1.807) is 35.6 Å². The maximum Gasteiger partial charge on any atom is 0.244 e. The number of ether oxygens (including phenoxy) is 2. The normalized spacial score (nSPS) is 11.3. The van der Waals surface area contributed by atoms with E-state index >= 15 is 0 Å². The van der Waals surface area contributed by atoms with E-state index < -0.39 is 10.0 Å². The van der Waals surface area contributed by atoms with Gasteiger partial charge in [0.25, 0.3) is 0 Å². The topological polar surface area (TPSA) is 90.4 Å². The molecule has 1 aromatic carbocycles. The number of benzene rings is 1. The average molecular weight is 406 g/mol. The lowest BCUT2D eigenvalue weighted by molar-refractivity contribution is 0.307. The quantitative estimate of drug-likeness (QED) is 0.580. The summed E-state index contributed by atoms with van der Waals surface area (Å²) in [5.74, 6) is 0.631. The first-order valence-electron chi connectivity index (χ1n) is 8.14. The van der Waals surface area contributed by atoms with Crippen LogP contribution in [0.15, 0.2) is 52.7 Å². The Labute approximate surface area is 162 Å². The molecule has 0 saturated heterocycles. The van der Waals surface area contributed by atoms with E-state index in [-0.39, 0.29) is 18.0 Å². The van der Waals surface area contributed by atoms with Crippen LogP contribution in [0.5, 0.6) is 11.6 Å². The minimum Gasteiger partial charge on any atom is -0.495 e. The largest absolute Gasteiger partial charge is 0.495 e. The summed E-state index contributed by atoms with van der Waals surface area (Å²) in [6, 6.07) is 12.4. The van der Waals surface area contributed by atoms with Crippen LogP contribution >= 0.6 is 11.3 Å². The molecule has 0 aliphatic carbocycles. The van der Waals surface area contributed by atoms with Crippen molar-refractivity contribution in [3.8, 4) is 22.2 Å². The lowest BCUT2D eigenvalue weighted by atomic mass is 10.2. The van der Waals surface area contributed by atoms with Crippen LogP contribution in [-0.4, -0.2) is 38.9 Å². The Balaban J connectivity index is 1.56. The van der Waals surface area contributed by atoms with Gasteiger partial charge < -0.3 is 9.47 Å². The number of thiophene rings is 1. The van der Waals surface area contributed by atoms with Gasteiger partial charge in [0.15, 0.2) is 0 Å². The summed E-state index contributed by atoms with van der Waals surface area (Å²) in [5.41, 5.74) is 1.60. The predicted molar refractivity (Wildman–Crippen MR) is 104 cm³/mol. The lowest BCUT2D eigenvalue weighted by Crippen LogP contribution is -2.28. The molecule has 0 aliphatic rings. The SMILES string of the molecule is COc1ccc(C)cc1S(=O)(=O)NCCOc1ccc(-c2cccs2)nn1. The second-order valence-corrected chi connectivity index (χ2v) is 8.32. The number of methoxy groups -OCH3 is 1. The Morgan fingerprint density at radius 1 is 1.15 bits per heavy atom. The Hall–Kier alpha value is -2.49. The molecule has 0 unspecified atom stereocenters. The van der Waals surface area contributed by atoms with Crippen LogP contribution in [-0.2, 0) is 10.0 Å². The van der Waals surface area contributed by atoms with Crippen molar-refractivity contribution in [2.24, 2.45) is 0 Å². The Bertz CT molecular complexity index is 988. The van der Waals surface area contributed by atoms with Crippen molar-refractivity contribution in [2.45, 2.75) is 11.8 Å². The maximum atomic E-state index is 12.5. The molecular formula is C18H19N3O4S2. The van der Waals surface area contributed by atoms with E-state index in [9.17, 15) is 8.42 Å². The molecule has 1 N–H and O–H groups in total. The highest BCUT2D eigenvalue weighted by atomic mass is 32.2. The second kappa shape index (κ2) is 8.47.